The smallest absolute Gasteiger partial charge is 0.325 e. The van der Waals surface area contributed by atoms with Gasteiger partial charge in [0.15, 0.2) is 12.4 Å². The Hall–Kier alpha value is -3.47. The van der Waals surface area contributed by atoms with E-state index in [1.54, 1.807) is 42.5 Å². The molecule has 1 amide bonds. The Labute approximate surface area is 150 Å². The molecule has 0 unspecified atom stereocenters. The number of hydrogen-bond donors (Lipinski definition) is 1. The van der Waals surface area contributed by atoms with Crippen LogP contribution in [0.5, 0.6) is 0 Å². The van der Waals surface area contributed by atoms with E-state index in [9.17, 15) is 14.4 Å². The molecule has 130 valence electrons. The van der Waals surface area contributed by atoms with Crippen molar-refractivity contribution in [2.75, 3.05) is 13.2 Å². The molecular formula is C21H17NO4. The number of rotatable bonds is 6. The zero-order valence-electron chi connectivity index (χ0n) is 14.0. The first-order valence-electron chi connectivity index (χ1n) is 8.14. The Balaban J connectivity index is 1.50. The summed E-state index contributed by atoms with van der Waals surface area (Å²) in [6.45, 7) is -0.650. The van der Waals surface area contributed by atoms with Gasteiger partial charge in [0.2, 0.25) is 0 Å². The fourth-order valence-corrected chi connectivity index (χ4v) is 2.49. The number of hydrogen-bond acceptors (Lipinski definition) is 4. The molecule has 0 aliphatic carbocycles. The molecule has 0 saturated heterocycles. The third-order valence-electron chi connectivity index (χ3n) is 3.86. The van der Waals surface area contributed by atoms with Gasteiger partial charge < -0.3 is 10.1 Å². The Morgan fingerprint density at radius 3 is 2.23 bits per heavy atom. The maximum Gasteiger partial charge on any atom is 0.325 e. The van der Waals surface area contributed by atoms with Crippen LogP contribution in [0.25, 0.3) is 10.8 Å². The highest BCUT2D eigenvalue weighted by atomic mass is 16.5. The van der Waals surface area contributed by atoms with Crippen molar-refractivity contribution in [2.24, 2.45) is 0 Å². The van der Waals surface area contributed by atoms with Crippen molar-refractivity contribution in [1.82, 2.24) is 5.32 Å². The zero-order chi connectivity index (χ0) is 18.4. The van der Waals surface area contributed by atoms with Crippen molar-refractivity contribution in [3.8, 4) is 0 Å². The molecule has 0 spiro atoms. The molecule has 0 heterocycles. The lowest BCUT2D eigenvalue weighted by Crippen LogP contribution is -2.31. The van der Waals surface area contributed by atoms with Crippen LogP contribution in [0.2, 0.25) is 0 Å². The van der Waals surface area contributed by atoms with Gasteiger partial charge in [-0.05, 0) is 22.9 Å². The second-order valence-electron chi connectivity index (χ2n) is 5.69. The topological polar surface area (TPSA) is 72.5 Å². The van der Waals surface area contributed by atoms with Crippen molar-refractivity contribution < 1.29 is 19.1 Å². The van der Waals surface area contributed by atoms with Crippen LogP contribution in [0.4, 0.5) is 0 Å². The third-order valence-corrected chi connectivity index (χ3v) is 3.86. The first-order valence-corrected chi connectivity index (χ1v) is 8.14. The van der Waals surface area contributed by atoms with Gasteiger partial charge in [-0.15, -0.1) is 0 Å². The van der Waals surface area contributed by atoms with Gasteiger partial charge in [-0.25, -0.2) is 0 Å². The Bertz CT molecular complexity index is 950. The van der Waals surface area contributed by atoms with Crippen LogP contribution in [-0.4, -0.2) is 30.8 Å². The summed E-state index contributed by atoms with van der Waals surface area (Å²) in [6.07, 6.45) is 0. The second kappa shape index (κ2) is 8.07. The van der Waals surface area contributed by atoms with Crippen LogP contribution in [-0.2, 0) is 9.53 Å². The van der Waals surface area contributed by atoms with Crippen LogP contribution in [0.15, 0.2) is 72.8 Å². The van der Waals surface area contributed by atoms with Crippen molar-refractivity contribution in [3.05, 3.63) is 83.9 Å². The Kier molecular flexibility index (Phi) is 5.39. The Morgan fingerprint density at radius 2 is 1.46 bits per heavy atom. The molecule has 5 heteroatoms. The van der Waals surface area contributed by atoms with Crippen LogP contribution < -0.4 is 5.32 Å². The number of esters is 1. The summed E-state index contributed by atoms with van der Waals surface area (Å²) in [4.78, 5) is 35.8. The highest BCUT2D eigenvalue weighted by Gasteiger charge is 2.12. The maximum atomic E-state index is 12.2. The lowest BCUT2D eigenvalue weighted by atomic mass is 10.1. The maximum absolute atomic E-state index is 12.2. The molecule has 0 bridgehead atoms. The molecule has 5 nitrogen and oxygen atoms in total. The third kappa shape index (κ3) is 4.33. The predicted molar refractivity (Wildman–Crippen MR) is 98.0 cm³/mol. The molecule has 26 heavy (non-hydrogen) atoms. The molecule has 1 N–H and O–H groups in total. The summed E-state index contributed by atoms with van der Waals surface area (Å²) in [6, 6.07) is 21.6. The van der Waals surface area contributed by atoms with Gasteiger partial charge >= 0.3 is 5.97 Å². The van der Waals surface area contributed by atoms with Crippen LogP contribution in [0.3, 0.4) is 0 Å². The van der Waals surface area contributed by atoms with Crippen LogP contribution >= 0.6 is 0 Å². The monoisotopic (exact) mass is 347 g/mol. The van der Waals surface area contributed by atoms with E-state index in [0.717, 1.165) is 10.8 Å². The van der Waals surface area contributed by atoms with Gasteiger partial charge in [0.05, 0.1) is 0 Å². The number of ketones is 1. The summed E-state index contributed by atoms with van der Waals surface area (Å²) in [5.41, 5.74) is 0.928. The number of carbonyl (C=O) groups excluding carboxylic acids is 3. The number of Topliss-reactive ketones (excluding diaryl/α,β-unsaturated/α-hetero) is 1. The minimum absolute atomic E-state index is 0.292. The van der Waals surface area contributed by atoms with Gasteiger partial charge in [0.25, 0.3) is 5.91 Å². The fraction of sp³-hybridized carbons (Fsp3) is 0.0952. The van der Waals surface area contributed by atoms with E-state index >= 15 is 0 Å². The number of benzene rings is 3. The van der Waals surface area contributed by atoms with Crippen molar-refractivity contribution >= 4 is 28.4 Å². The lowest BCUT2D eigenvalue weighted by molar-refractivity contribution is -0.141. The summed E-state index contributed by atoms with van der Waals surface area (Å²) in [5, 5.41) is 4.47. The SMILES string of the molecule is O=C(CNC(=O)c1ccc2ccccc2c1)OCC(=O)c1ccccc1. The van der Waals surface area contributed by atoms with Crippen LogP contribution in [0, 0.1) is 0 Å². The second-order valence-corrected chi connectivity index (χ2v) is 5.69. The summed E-state index contributed by atoms with van der Waals surface area (Å²) < 4.78 is 4.91. The van der Waals surface area contributed by atoms with Gasteiger partial charge in [-0.3, -0.25) is 14.4 Å². The average Bonchev–Trinajstić information content (AvgIpc) is 2.70. The fourth-order valence-electron chi connectivity index (χ4n) is 2.49. The molecule has 0 radical (unpaired) electrons. The minimum Gasteiger partial charge on any atom is -0.456 e. The molecule has 3 aromatic carbocycles. The van der Waals surface area contributed by atoms with Crippen molar-refractivity contribution in [3.63, 3.8) is 0 Å². The zero-order valence-corrected chi connectivity index (χ0v) is 14.0. The lowest BCUT2D eigenvalue weighted by Gasteiger charge is -2.07. The molecule has 0 aliphatic rings. The predicted octanol–water partition coefficient (Wildman–Crippen LogP) is 3.00. The van der Waals surface area contributed by atoms with E-state index in [1.165, 1.54) is 0 Å². The molecule has 0 aliphatic heterocycles. The first kappa shape index (κ1) is 17.4. The summed E-state index contributed by atoms with van der Waals surface area (Å²) in [7, 11) is 0. The highest BCUT2D eigenvalue weighted by Crippen LogP contribution is 2.15. The molecule has 0 saturated carbocycles. The highest BCUT2D eigenvalue weighted by molar-refractivity contribution is 6.00. The van der Waals surface area contributed by atoms with Gasteiger partial charge in [0.1, 0.15) is 6.54 Å². The average molecular weight is 347 g/mol. The molecule has 0 fully saturated rings. The normalized spacial score (nSPS) is 10.3. The van der Waals surface area contributed by atoms with E-state index in [1.807, 2.05) is 30.3 Å². The van der Waals surface area contributed by atoms with Crippen molar-refractivity contribution in [1.29, 1.82) is 0 Å². The van der Waals surface area contributed by atoms with E-state index < -0.39 is 5.97 Å². The van der Waals surface area contributed by atoms with E-state index in [0.29, 0.717) is 11.1 Å². The largest absolute Gasteiger partial charge is 0.456 e. The van der Waals surface area contributed by atoms with E-state index in [2.05, 4.69) is 5.32 Å². The molecule has 0 atom stereocenters. The van der Waals surface area contributed by atoms with Gasteiger partial charge in [-0.2, -0.15) is 0 Å². The number of nitrogens with one attached hydrogen (secondary N) is 1. The molecule has 0 aromatic heterocycles. The molecule has 3 rings (SSSR count). The molecule has 3 aromatic rings. The van der Waals surface area contributed by atoms with Gasteiger partial charge in [-0.1, -0.05) is 60.7 Å². The van der Waals surface area contributed by atoms with Gasteiger partial charge in [0, 0.05) is 11.1 Å². The summed E-state index contributed by atoms with van der Waals surface area (Å²) >= 11 is 0. The van der Waals surface area contributed by atoms with E-state index in [4.69, 9.17) is 4.74 Å². The molecular weight excluding hydrogens is 330 g/mol. The minimum atomic E-state index is -0.663. The summed E-state index contributed by atoms with van der Waals surface area (Å²) in [5.74, 6) is -1.33. The Morgan fingerprint density at radius 1 is 0.769 bits per heavy atom. The van der Waals surface area contributed by atoms with Crippen molar-refractivity contribution in [2.45, 2.75) is 0 Å². The number of ether oxygens (including phenoxy) is 1. The van der Waals surface area contributed by atoms with E-state index in [-0.39, 0.29) is 24.8 Å². The van der Waals surface area contributed by atoms with Crippen LogP contribution in [0.1, 0.15) is 20.7 Å². The first-order chi connectivity index (χ1) is 12.6. The quantitative estimate of drug-likeness (QED) is 0.550. The number of amides is 1. The number of carbonyl (C=O) groups is 3. The number of fused-ring (bicyclic) bond motifs is 1. The standard InChI is InChI=1S/C21H17NO4/c23-19(16-7-2-1-3-8-16)14-26-20(24)13-22-21(25)18-11-10-15-6-4-5-9-17(15)12-18/h1-12H,13-14H2,(H,22,25).